The largest absolute Gasteiger partial charge is 0.380 e. The summed E-state index contributed by atoms with van der Waals surface area (Å²) >= 11 is 0. The average Bonchev–Trinajstić information content (AvgIpc) is 2.27. The molecule has 1 heterocycles. The molecular formula is C12H23N3O. The summed E-state index contributed by atoms with van der Waals surface area (Å²) in [5.41, 5.74) is 0. The van der Waals surface area contributed by atoms with Crippen LogP contribution in [0, 0.1) is 17.2 Å². The summed E-state index contributed by atoms with van der Waals surface area (Å²) in [6.07, 6.45) is 0. The Kier molecular flexibility index (Phi) is 6.39. The van der Waals surface area contributed by atoms with Crippen LogP contribution < -0.4 is 0 Å². The molecule has 1 saturated heterocycles. The summed E-state index contributed by atoms with van der Waals surface area (Å²) in [4.78, 5) is 4.61. The maximum absolute atomic E-state index is 8.58. The molecule has 1 fully saturated rings. The van der Waals surface area contributed by atoms with Crippen molar-refractivity contribution in [3.8, 4) is 6.07 Å². The smallest absolute Gasteiger partial charge is 0.0866 e. The Labute approximate surface area is 98.8 Å². The first-order valence-electron chi connectivity index (χ1n) is 6.11. The summed E-state index contributed by atoms with van der Waals surface area (Å²) < 4.78 is 5.56. The van der Waals surface area contributed by atoms with Gasteiger partial charge >= 0.3 is 0 Å². The predicted molar refractivity (Wildman–Crippen MR) is 64.2 cm³/mol. The fourth-order valence-electron chi connectivity index (χ4n) is 1.78. The first-order valence-corrected chi connectivity index (χ1v) is 6.11. The van der Waals surface area contributed by atoms with Gasteiger partial charge in [0.2, 0.25) is 0 Å². The number of nitriles is 1. The van der Waals surface area contributed by atoms with E-state index in [4.69, 9.17) is 10.00 Å². The minimum Gasteiger partial charge on any atom is -0.380 e. The zero-order valence-corrected chi connectivity index (χ0v) is 10.5. The van der Waals surface area contributed by atoms with Gasteiger partial charge in [0.15, 0.2) is 0 Å². The van der Waals surface area contributed by atoms with Crippen molar-refractivity contribution in [1.29, 1.82) is 5.26 Å². The number of ether oxygens (including phenoxy) is 1. The van der Waals surface area contributed by atoms with Crippen molar-refractivity contribution in [3.05, 3.63) is 0 Å². The molecule has 1 aliphatic heterocycles. The van der Waals surface area contributed by atoms with E-state index in [-0.39, 0.29) is 0 Å². The molecule has 1 rings (SSSR count). The molecule has 0 aliphatic carbocycles. The Morgan fingerprint density at radius 2 is 1.81 bits per heavy atom. The SMILES string of the molecule is CC(C)COCCN1CCN(CC#N)CC1. The van der Waals surface area contributed by atoms with Crippen LogP contribution in [0.15, 0.2) is 0 Å². The third-order valence-electron chi connectivity index (χ3n) is 2.76. The van der Waals surface area contributed by atoms with Gasteiger partial charge in [-0.1, -0.05) is 13.8 Å². The van der Waals surface area contributed by atoms with E-state index in [1.807, 2.05) is 0 Å². The van der Waals surface area contributed by atoms with E-state index in [1.54, 1.807) is 0 Å². The molecule has 0 aromatic carbocycles. The molecule has 4 nitrogen and oxygen atoms in total. The van der Waals surface area contributed by atoms with Crippen molar-refractivity contribution in [2.45, 2.75) is 13.8 Å². The van der Waals surface area contributed by atoms with Crippen molar-refractivity contribution >= 4 is 0 Å². The Morgan fingerprint density at radius 1 is 1.19 bits per heavy atom. The normalized spacial score (nSPS) is 18.9. The molecule has 0 bridgehead atoms. The lowest BCUT2D eigenvalue weighted by Gasteiger charge is -2.33. The first kappa shape index (κ1) is 13.4. The van der Waals surface area contributed by atoms with Crippen LogP contribution in [0.1, 0.15) is 13.8 Å². The Hall–Kier alpha value is -0.630. The maximum atomic E-state index is 8.58. The summed E-state index contributed by atoms with van der Waals surface area (Å²) in [5.74, 6) is 0.618. The molecule has 4 heteroatoms. The molecule has 0 saturated carbocycles. The van der Waals surface area contributed by atoms with Crippen LogP contribution in [0.4, 0.5) is 0 Å². The summed E-state index contributed by atoms with van der Waals surface area (Å²) in [6.45, 7) is 11.8. The molecule has 0 aromatic heterocycles. The molecule has 0 spiro atoms. The van der Waals surface area contributed by atoms with E-state index < -0.39 is 0 Å². The number of nitrogens with zero attached hydrogens (tertiary/aromatic N) is 3. The van der Waals surface area contributed by atoms with Crippen molar-refractivity contribution in [2.75, 3.05) is 52.5 Å². The van der Waals surface area contributed by atoms with Crippen molar-refractivity contribution in [3.63, 3.8) is 0 Å². The number of hydrogen-bond donors (Lipinski definition) is 0. The van der Waals surface area contributed by atoms with Gasteiger partial charge < -0.3 is 4.74 Å². The van der Waals surface area contributed by atoms with Gasteiger partial charge in [0.1, 0.15) is 0 Å². The molecule has 92 valence electrons. The van der Waals surface area contributed by atoms with E-state index in [2.05, 4.69) is 29.7 Å². The molecule has 0 aromatic rings. The summed E-state index contributed by atoms with van der Waals surface area (Å²) in [6, 6.07) is 2.20. The van der Waals surface area contributed by atoms with Gasteiger partial charge in [-0.3, -0.25) is 9.80 Å². The standard InChI is InChI=1S/C12H23N3O/c1-12(2)11-16-10-9-15-7-5-14(4-3-13)6-8-15/h12H,4-11H2,1-2H3. The maximum Gasteiger partial charge on any atom is 0.0866 e. The lowest BCUT2D eigenvalue weighted by atomic mass is 10.2. The van der Waals surface area contributed by atoms with E-state index in [0.29, 0.717) is 12.5 Å². The van der Waals surface area contributed by atoms with Crippen LogP contribution in [0.3, 0.4) is 0 Å². The zero-order chi connectivity index (χ0) is 11.8. The van der Waals surface area contributed by atoms with Gasteiger partial charge in [0, 0.05) is 39.3 Å². The van der Waals surface area contributed by atoms with E-state index in [0.717, 1.165) is 45.9 Å². The van der Waals surface area contributed by atoms with Crippen molar-refractivity contribution in [2.24, 2.45) is 5.92 Å². The highest BCUT2D eigenvalue weighted by molar-refractivity contribution is 4.80. The molecule has 0 atom stereocenters. The number of piperazine rings is 1. The highest BCUT2D eigenvalue weighted by Crippen LogP contribution is 2.01. The second-order valence-electron chi connectivity index (χ2n) is 4.74. The van der Waals surface area contributed by atoms with Crippen LogP contribution in [0.5, 0.6) is 0 Å². The lowest BCUT2D eigenvalue weighted by Crippen LogP contribution is -2.47. The fraction of sp³-hybridized carbons (Fsp3) is 0.917. The van der Waals surface area contributed by atoms with Gasteiger partial charge in [-0.15, -0.1) is 0 Å². The Morgan fingerprint density at radius 3 is 2.38 bits per heavy atom. The quantitative estimate of drug-likeness (QED) is 0.495. The first-order chi connectivity index (χ1) is 7.72. The lowest BCUT2D eigenvalue weighted by molar-refractivity contribution is 0.0670. The molecule has 16 heavy (non-hydrogen) atoms. The summed E-state index contributed by atoms with van der Waals surface area (Å²) in [5, 5.41) is 8.58. The molecule has 0 amide bonds. The highest BCUT2D eigenvalue weighted by atomic mass is 16.5. The highest BCUT2D eigenvalue weighted by Gasteiger charge is 2.15. The minimum absolute atomic E-state index is 0.567. The monoisotopic (exact) mass is 225 g/mol. The predicted octanol–water partition coefficient (Wildman–Crippen LogP) is 0.800. The third-order valence-corrected chi connectivity index (χ3v) is 2.76. The Bertz CT molecular complexity index is 217. The fourth-order valence-corrected chi connectivity index (χ4v) is 1.78. The molecule has 0 radical (unpaired) electrons. The summed E-state index contributed by atoms with van der Waals surface area (Å²) in [7, 11) is 0. The minimum atomic E-state index is 0.567. The molecule has 0 N–H and O–H groups in total. The molecule has 1 aliphatic rings. The zero-order valence-electron chi connectivity index (χ0n) is 10.5. The van der Waals surface area contributed by atoms with Crippen LogP contribution >= 0.6 is 0 Å². The van der Waals surface area contributed by atoms with Crippen LogP contribution in [0.25, 0.3) is 0 Å². The van der Waals surface area contributed by atoms with E-state index in [1.165, 1.54) is 0 Å². The van der Waals surface area contributed by atoms with Crippen LogP contribution in [0.2, 0.25) is 0 Å². The van der Waals surface area contributed by atoms with Crippen LogP contribution in [-0.4, -0.2) is 62.3 Å². The van der Waals surface area contributed by atoms with Gasteiger partial charge in [-0.2, -0.15) is 5.26 Å². The van der Waals surface area contributed by atoms with Gasteiger partial charge in [-0.05, 0) is 5.92 Å². The molecular weight excluding hydrogens is 202 g/mol. The van der Waals surface area contributed by atoms with E-state index >= 15 is 0 Å². The molecule has 0 unspecified atom stereocenters. The number of rotatable bonds is 6. The number of hydrogen-bond acceptors (Lipinski definition) is 4. The van der Waals surface area contributed by atoms with Crippen molar-refractivity contribution < 1.29 is 4.74 Å². The second kappa shape index (κ2) is 7.61. The topological polar surface area (TPSA) is 39.5 Å². The third kappa shape index (κ3) is 5.45. The van der Waals surface area contributed by atoms with Crippen LogP contribution in [-0.2, 0) is 4.74 Å². The second-order valence-corrected chi connectivity index (χ2v) is 4.74. The van der Waals surface area contributed by atoms with Gasteiger partial charge in [0.05, 0.1) is 19.2 Å². The van der Waals surface area contributed by atoms with E-state index in [9.17, 15) is 0 Å². The van der Waals surface area contributed by atoms with Gasteiger partial charge in [0.25, 0.3) is 0 Å². The Balaban J connectivity index is 2.02. The average molecular weight is 225 g/mol. The van der Waals surface area contributed by atoms with Gasteiger partial charge in [-0.25, -0.2) is 0 Å². The van der Waals surface area contributed by atoms with Crippen molar-refractivity contribution in [1.82, 2.24) is 9.80 Å².